The van der Waals surface area contributed by atoms with Crippen LogP contribution in [0.1, 0.15) is 0 Å². The lowest BCUT2D eigenvalue weighted by Crippen LogP contribution is -1.92. The van der Waals surface area contributed by atoms with E-state index >= 15 is 0 Å². The van der Waals surface area contributed by atoms with Gasteiger partial charge in [0.1, 0.15) is 17.2 Å². The molecule has 0 amide bonds. The van der Waals surface area contributed by atoms with Gasteiger partial charge < -0.3 is 9.15 Å². The number of thiophene rings is 1. The van der Waals surface area contributed by atoms with Crippen LogP contribution in [0.15, 0.2) is 59.5 Å². The number of hydrogen-bond acceptors (Lipinski definition) is 5. The normalized spacial score (nSPS) is 11.0. The third-order valence-electron chi connectivity index (χ3n) is 3.69. The highest BCUT2D eigenvalue weighted by Gasteiger charge is 2.19. The SMILES string of the molecule is C=CCOc1ccc(-c2nnc(-c3sc4cccc(Cl)c4c3Cl)o2)cc1. The molecule has 0 aliphatic heterocycles. The first-order valence-electron chi connectivity index (χ1n) is 7.72. The van der Waals surface area contributed by atoms with Crippen molar-refractivity contribution < 1.29 is 9.15 Å². The molecule has 0 fully saturated rings. The maximum Gasteiger partial charge on any atom is 0.259 e. The molecule has 7 heteroatoms. The maximum absolute atomic E-state index is 6.50. The largest absolute Gasteiger partial charge is 0.490 e. The third-order valence-corrected chi connectivity index (χ3v) is 5.64. The zero-order valence-electron chi connectivity index (χ0n) is 13.4. The topological polar surface area (TPSA) is 48.2 Å². The van der Waals surface area contributed by atoms with Gasteiger partial charge in [-0.2, -0.15) is 0 Å². The summed E-state index contributed by atoms with van der Waals surface area (Å²) in [6.07, 6.45) is 1.69. The number of benzene rings is 2. The van der Waals surface area contributed by atoms with Gasteiger partial charge in [0.2, 0.25) is 5.89 Å². The lowest BCUT2D eigenvalue weighted by Gasteiger charge is -2.02. The van der Waals surface area contributed by atoms with Crippen LogP contribution in [0.2, 0.25) is 10.0 Å². The minimum atomic E-state index is 0.370. The van der Waals surface area contributed by atoms with E-state index in [9.17, 15) is 0 Å². The molecular weight excluding hydrogens is 391 g/mol. The fourth-order valence-electron chi connectivity index (χ4n) is 2.49. The maximum atomic E-state index is 6.50. The first-order valence-corrected chi connectivity index (χ1v) is 9.29. The van der Waals surface area contributed by atoms with Gasteiger partial charge in [0.05, 0.1) is 10.0 Å². The molecule has 0 bridgehead atoms. The molecule has 4 rings (SSSR count). The number of ether oxygens (including phenoxy) is 1. The summed E-state index contributed by atoms with van der Waals surface area (Å²) in [7, 11) is 0. The summed E-state index contributed by atoms with van der Waals surface area (Å²) in [5, 5.41) is 10.2. The molecule has 0 spiro atoms. The highest BCUT2D eigenvalue weighted by molar-refractivity contribution is 7.23. The average molecular weight is 403 g/mol. The summed E-state index contributed by atoms with van der Waals surface area (Å²) in [6.45, 7) is 4.08. The van der Waals surface area contributed by atoms with E-state index in [0.29, 0.717) is 33.3 Å². The molecule has 2 aromatic carbocycles. The Balaban J connectivity index is 1.67. The van der Waals surface area contributed by atoms with Crippen molar-refractivity contribution in [3.8, 4) is 28.0 Å². The van der Waals surface area contributed by atoms with Crippen LogP contribution in [0.5, 0.6) is 5.75 Å². The second-order valence-corrected chi connectivity index (χ2v) is 7.23. The van der Waals surface area contributed by atoms with Crippen LogP contribution in [0.3, 0.4) is 0 Å². The summed E-state index contributed by atoms with van der Waals surface area (Å²) in [6, 6.07) is 13.1. The van der Waals surface area contributed by atoms with Gasteiger partial charge in [-0.25, -0.2) is 0 Å². The van der Waals surface area contributed by atoms with Crippen molar-refractivity contribution in [3.05, 3.63) is 65.2 Å². The molecule has 2 aromatic heterocycles. The standard InChI is InChI=1S/C19H12Cl2N2O2S/c1-2-10-24-12-8-6-11(7-9-12)18-22-23-19(25-18)17-16(21)15-13(20)4-3-5-14(15)26-17/h2-9H,1,10H2. The molecule has 0 aliphatic carbocycles. The van der Waals surface area contributed by atoms with Crippen molar-refractivity contribution >= 4 is 44.6 Å². The zero-order valence-corrected chi connectivity index (χ0v) is 15.7. The van der Waals surface area contributed by atoms with E-state index in [2.05, 4.69) is 16.8 Å². The van der Waals surface area contributed by atoms with Crippen LogP contribution >= 0.6 is 34.5 Å². The molecular formula is C19H12Cl2N2O2S. The lowest BCUT2D eigenvalue weighted by atomic mass is 10.2. The van der Waals surface area contributed by atoms with Crippen molar-refractivity contribution in [1.29, 1.82) is 0 Å². The summed E-state index contributed by atoms with van der Waals surface area (Å²) >= 11 is 14.2. The van der Waals surface area contributed by atoms with Gasteiger partial charge in [0, 0.05) is 15.6 Å². The van der Waals surface area contributed by atoms with Gasteiger partial charge in [-0.1, -0.05) is 41.9 Å². The first kappa shape index (κ1) is 17.1. The monoisotopic (exact) mass is 402 g/mol. The van der Waals surface area contributed by atoms with E-state index in [1.54, 1.807) is 6.08 Å². The Morgan fingerprint density at radius 3 is 2.58 bits per heavy atom. The minimum absolute atomic E-state index is 0.370. The minimum Gasteiger partial charge on any atom is -0.490 e. The number of aromatic nitrogens is 2. The Bertz CT molecular complexity index is 1090. The van der Waals surface area contributed by atoms with E-state index < -0.39 is 0 Å². The van der Waals surface area contributed by atoms with Crippen LogP contribution in [-0.2, 0) is 0 Å². The Labute approximate surface area is 163 Å². The Hall–Kier alpha value is -2.34. The van der Waals surface area contributed by atoms with Crippen molar-refractivity contribution in [2.75, 3.05) is 6.61 Å². The van der Waals surface area contributed by atoms with Gasteiger partial charge in [-0.3, -0.25) is 0 Å². The molecule has 26 heavy (non-hydrogen) atoms. The first-order chi connectivity index (χ1) is 12.7. The molecule has 2 heterocycles. The number of halogens is 2. The van der Waals surface area contributed by atoms with Crippen LogP contribution in [-0.4, -0.2) is 16.8 Å². The van der Waals surface area contributed by atoms with Gasteiger partial charge in [0.25, 0.3) is 5.89 Å². The molecule has 0 radical (unpaired) electrons. The van der Waals surface area contributed by atoms with Gasteiger partial charge in [-0.05, 0) is 36.4 Å². The fraction of sp³-hybridized carbons (Fsp3) is 0.0526. The predicted molar refractivity (Wildman–Crippen MR) is 106 cm³/mol. The summed E-state index contributed by atoms with van der Waals surface area (Å²) in [4.78, 5) is 0.708. The molecule has 4 aromatic rings. The molecule has 0 saturated heterocycles. The smallest absolute Gasteiger partial charge is 0.259 e. The van der Waals surface area contributed by atoms with Crippen LogP contribution < -0.4 is 4.74 Å². The number of rotatable bonds is 5. The Morgan fingerprint density at radius 2 is 1.85 bits per heavy atom. The van der Waals surface area contributed by atoms with E-state index in [1.165, 1.54) is 11.3 Å². The quantitative estimate of drug-likeness (QED) is 0.358. The van der Waals surface area contributed by atoms with Gasteiger partial charge in [0.15, 0.2) is 0 Å². The Kier molecular flexibility index (Phi) is 4.68. The van der Waals surface area contributed by atoms with Gasteiger partial charge in [-0.15, -0.1) is 21.5 Å². The van der Waals surface area contributed by atoms with Crippen molar-refractivity contribution in [2.24, 2.45) is 0 Å². The van der Waals surface area contributed by atoms with Crippen molar-refractivity contribution in [1.82, 2.24) is 10.2 Å². The summed E-state index contributed by atoms with van der Waals surface area (Å²) in [5.41, 5.74) is 0.796. The van der Waals surface area contributed by atoms with E-state index in [-0.39, 0.29) is 0 Å². The second-order valence-electron chi connectivity index (χ2n) is 5.39. The van der Waals surface area contributed by atoms with E-state index in [1.807, 2.05) is 42.5 Å². The van der Waals surface area contributed by atoms with Crippen LogP contribution in [0.25, 0.3) is 32.3 Å². The average Bonchev–Trinajstić information content (AvgIpc) is 3.26. The zero-order chi connectivity index (χ0) is 18.1. The van der Waals surface area contributed by atoms with Crippen LogP contribution in [0.4, 0.5) is 0 Å². The fourth-order valence-corrected chi connectivity index (χ4v) is 4.36. The molecule has 0 atom stereocenters. The molecule has 0 unspecified atom stereocenters. The molecule has 130 valence electrons. The van der Waals surface area contributed by atoms with Crippen molar-refractivity contribution in [3.63, 3.8) is 0 Å². The number of fused-ring (bicyclic) bond motifs is 1. The number of hydrogen-bond donors (Lipinski definition) is 0. The van der Waals surface area contributed by atoms with Crippen molar-refractivity contribution in [2.45, 2.75) is 0 Å². The second kappa shape index (κ2) is 7.11. The highest BCUT2D eigenvalue weighted by atomic mass is 35.5. The summed E-state index contributed by atoms with van der Waals surface area (Å²) in [5.74, 6) is 1.53. The Morgan fingerprint density at radius 1 is 1.08 bits per heavy atom. The molecule has 0 aliphatic rings. The predicted octanol–water partition coefficient (Wildman–Crippen LogP) is 6.49. The summed E-state index contributed by atoms with van der Waals surface area (Å²) < 4.78 is 12.3. The van der Waals surface area contributed by atoms with Gasteiger partial charge >= 0.3 is 0 Å². The molecule has 4 nitrogen and oxygen atoms in total. The van der Waals surface area contributed by atoms with E-state index in [0.717, 1.165) is 21.4 Å². The van der Waals surface area contributed by atoms with E-state index in [4.69, 9.17) is 32.4 Å². The highest BCUT2D eigenvalue weighted by Crippen LogP contribution is 2.44. The molecule has 0 N–H and O–H groups in total. The number of nitrogens with zero attached hydrogens (tertiary/aromatic N) is 2. The van der Waals surface area contributed by atoms with Crippen LogP contribution in [0, 0.1) is 0 Å². The molecule has 0 saturated carbocycles. The third kappa shape index (κ3) is 3.09. The lowest BCUT2D eigenvalue weighted by molar-refractivity contribution is 0.363.